The van der Waals surface area contributed by atoms with Crippen LogP contribution in [0.25, 0.3) is 0 Å². The molecule has 1 atom stereocenters. The Hall–Kier alpha value is -2.45. The van der Waals surface area contributed by atoms with Gasteiger partial charge in [0.1, 0.15) is 5.75 Å². The summed E-state index contributed by atoms with van der Waals surface area (Å²) in [5.74, 6) is -3.53. The van der Waals surface area contributed by atoms with Gasteiger partial charge in [0, 0.05) is 11.8 Å². The minimum atomic E-state index is -5.17. The van der Waals surface area contributed by atoms with E-state index < -0.39 is 23.6 Å². The molecule has 0 aliphatic carbocycles. The number of anilines is 1. The molecular formula is C12H13F3N2O4. The largest absolute Gasteiger partial charge is 0.496 e. The lowest BCUT2D eigenvalue weighted by Gasteiger charge is -2.28. The zero-order valence-corrected chi connectivity index (χ0v) is 11.1. The van der Waals surface area contributed by atoms with Gasteiger partial charge in [-0.1, -0.05) is 0 Å². The van der Waals surface area contributed by atoms with E-state index in [1.807, 2.05) is 0 Å². The number of alkyl halides is 3. The second kappa shape index (κ2) is 5.51. The van der Waals surface area contributed by atoms with E-state index in [4.69, 9.17) is 15.6 Å². The SMILES string of the molecule is COc1cc(N)ccc1C(=O)NC(C)(C(=O)O)C(F)(F)F. The summed E-state index contributed by atoms with van der Waals surface area (Å²) in [5, 5.41) is 10.2. The molecule has 0 fully saturated rings. The quantitative estimate of drug-likeness (QED) is 0.730. The summed E-state index contributed by atoms with van der Waals surface area (Å²) in [7, 11) is 1.20. The molecule has 4 N–H and O–H groups in total. The Bertz CT molecular complexity index is 574. The second-order valence-electron chi connectivity index (χ2n) is 4.34. The first-order chi connectivity index (χ1) is 9.52. The smallest absolute Gasteiger partial charge is 0.422 e. The number of carbonyl (C=O) groups excluding carboxylic acids is 1. The Labute approximate surface area is 117 Å². The number of carbonyl (C=O) groups is 2. The highest BCUT2D eigenvalue weighted by atomic mass is 19.4. The maximum absolute atomic E-state index is 12.8. The third-order valence-corrected chi connectivity index (χ3v) is 2.83. The Balaban J connectivity index is 3.18. The number of nitrogens with one attached hydrogen (secondary N) is 1. The average Bonchev–Trinajstić information content (AvgIpc) is 2.36. The zero-order chi connectivity index (χ0) is 16.4. The molecule has 9 heteroatoms. The third-order valence-electron chi connectivity index (χ3n) is 2.83. The van der Waals surface area contributed by atoms with Crippen molar-refractivity contribution in [2.45, 2.75) is 18.6 Å². The van der Waals surface area contributed by atoms with Crippen LogP contribution < -0.4 is 15.8 Å². The first-order valence-corrected chi connectivity index (χ1v) is 5.59. The van der Waals surface area contributed by atoms with E-state index in [0.717, 1.165) is 6.07 Å². The van der Waals surface area contributed by atoms with Crippen molar-refractivity contribution in [3.63, 3.8) is 0 Å². The lowest BCUT2D eigenvalue weighted by atomic mass is 10.0. The van der Waals surface area contributed by atoms with Gasteiger partial charge in [0.05, 0.1) is 12.7 Å². The highest BCUT2D eigenvalue weighted by Gasteiger charge is 2.58. The first-order valence-electron chi connectivity index (χ1n) is 5.59. The highest BCUT2D eigenvalue weighted by Crippen LogP contribution is 2.31. The van der Waals surface area contributed by atoms with Gasteiger partial charge in [0.25, 0.3) is 5.91 Å². The molecular weight excluding hydrogens is 293 g/mol. The van der Waals surface area contributed by atoms with Crippen molar-refractivity contribution in [2.24, 2.45) is 0 Å². The lowest BCUT2D eigenvalue weighted by Crippen LogP contribution is -2.61. The van der Waals surface area contributed by atoms with Crippen molar-refractivity contribution in [3.8, 4) is 5.75 Å². The van der Waals surface area contributed by atoms with Gasteiger partial charge in [0.2, 0.25) is 5.54 Å². The van der Waals surface area contributed by atoms with E-state index in [-0.39, 0.29) is 17.0 Å². The number of carboxylic acid groups (broad SMARTS) is 1. The number of ether oxygens (including phenoxy) is 1. The van der Waals surface area contributed by atoms with Gasteiger partial charge in [-0.2, -0.15) is 13.2 Å². The first kappa shape index (κ1) is 16.6. The summed E-state index contributed by atoms with van der Waals surface area (Å²) in [4.78, 5) is 22.8. The summed E-state index contributed by atoms with van der Waals surface area (Å²) in [6, 6.07) is 3.66. The molecule has 0 saturated heterocycles. The molecule has 1 aromatic rings. The van der Waals surface area contributed by atoms with Gasteiger partial charge >= 0.3 is 12.1 Å². The number of benzene rings is 1. The van der Waals surface area contributed by atoms with Crippen molar-refractivity contribution >= 4 is 17.6 Å². The maximum Gasteiger partial charge on any atom is 0.422 e. The van der Waals surface area contributed by atoms with Crippen LogP contribution in [0, 0.1) is 0 Å². The van der Waals surface area contributed by atoms with E-state index in [9.17, 15) is 22.8 Å². The van der Waals surface area contributed by atoms with Crippen LogP contribution in [0.15, 0.2) is 18.2 Å². The van der Waals surface area contributed by atoms with Crippen molar-refractivity contribution in [1.29, 1.82) is 0 Å². The molecule has 1 aromatic carbocycles. The molecule has 1 rings (SSSR count). The third kappa shape index (κ3) is 3.18. The fourth-order valence-corrected chi connectivity index (χ4v) is 1.44. The Kier molecular flexibility index (Phi) is 4.35. The molecule has 0 aliphatic rings. The molecule has 116 valence electrons. The number of nitrogen functional groups attached to an aromatic ring is 1. The van der Waals surface area contributed by atoms with Gasteiger partial charge in [-0.3, -0.25) is 4.79 Å². The minimum absolute atomic E-state index is 0.0672. The Morgan fingerprint density at radius 3 is 2.33 bits per heavy atom. The Morgan fingerprint density at radius 1 is 1.33 bits per heavy atom. The number of nitrogens with two attached hydrogens (primary N) is 1. The van der Waals surface area contributed by atoms with Crippen molar-refractivity contribution in [3.05, 3.63) is 23.8 Å². The monoisotopic (exact) mass is 306 g/mol. The minimum Gasteiger partial charge on any atom is -0.496 e. The van der Waals surface area contributed by atoms with Crippen LogP contribution in [0.4, 0.5) is 18.9 Å². The fraction of sp³-hybridized carbons (Fsp3) is 0.333. The summed E-state index contributed by atoms with van der Waals surface area (Å²) < 4.78 is 43.3. The molecule has 0 aromatic heterocycles. The molecule has 1 amide bonds. The molecule has 21 heavy (non-hydrogen) atoms. The molecule has 0 heterocycles. The van der Waals surface area contributed by atoms with Crippen LogP contribution in [0.5, 0.6) is 5.75 Å². The molecule has 6 nitrogen and oxygen atoms in total. The van der Waals surface area contributed by atoms with Crippen LogP contribution >= 0.6 is 0 Å². The lowest BCUT2D eigenvalue weighted by molar-refractivity contribution is -0.203. The van der Waals surface area contributed by atoms with Gasteiger partial charge < -0.3 is 20.9 Å². The number of hydrogen-bond donors (Lipinski definition) is 3. The Morgan fingerprint density at radius 2 is 1.90 bits per heavy atom. The van der Waals surface area contributed by atoms with Crippen LogP contribution in [0.2, 0.25) is 0 Å². The summed E-state index contributed by atoms with van der Waals surface area (Å²) in [5.41, 5.74) is 2.02. The van der Waals surface area contributed by atoms with Gasteiger partial charge in [-0.15, -0.1) is 0 Å². The van der Waals surface area contributed by atoms with Gasteiger partial charge in [0.15, 0.2) is 0 Å². The van der Waals surface area contributed by atoms with Crippen LogP contribution in [0.1, 0.15) is 17.3 Å². The van der Waals surface area contributed by atoms with Crippen molar-refractivity contribution in [2.75, 3.05) is 12.8 Å². The second-order valence-corrected chi connectivity index (χ2v) is 4.34. The van der Waals surface area contributed by atoms with E-state index in [0.29, 0.717) is 6.92 Å². The fourth-order valence-electron chi connectivity index (χ4n) is 1.44. The molecule has 0 saturated carbocycles. The average molecular weight is 306 g/mol. The number of methoxy groups -OCH3 is 1. The number of rotatable bonds is 4. The number of halogens is 3. The van der Waals surface area contributed by atoms with Crippen LogP contribution in [-0.4, -0.2) is 35.8 Å². The van der Waals surface area contributed by atoms with E-state index in [2.05, 4.69) is 0 Å². The zero-order valence-electron chi connectivity index (χ0n) is 11.1. The van der Waals surface area contributed by atoms with Crippen molar-refractivity contribution < 1.29 is 32.6 Å². The number of hydrogen-bond acceptors (Lipinski definition) is 4. The predicted octanol–water partition coefficient (Wildman–Crippen LogP) is 1.41. The predicted molar refractivity (Wildman–Crippen MR) is 67.0 cm³/mol. The number of carboxylic acids is 1. The highest BCUT2D eigenvalue weighted by molar-refractivity contribution is 6.00. The van der Waals surface area contributed by atoms with E-state index in [1.165, 1.54) is 24.6 Å². The van der Waals surface area contributed by atoms with Crippen LogP contribution in [0.3, 0.4) is 0 Å². The topological polar surface area (TPSA) is 102 Å². The number of amides is 1. The van der Waals surface area contributed by atoms with Gasteiger partial charge in [-0.25, -0.2) is 4.79 Å². The van der Waals surface area contributed by atoms with Gasteiger partial charge in [-0.05, 0) is 19.1 Å². The molecule has 0 aliphatic heterocycles. The number of aliphatic carboxylic acids is 1. The van der Waals surface area contributed by atoms with Crippen LogP contribution in [-0.2, 0) is 4.79 Å². The van der Waals surface area contributed by atoms with E-state index >= 15 is 0 Å². The maximum atomic E-state index is 12.8. The van der Waals surface area contributed by atoms with E-state index in [1.54, 1.807) is 0 Å². The molecule has 0 radical (unpaired) electrons. The normalized spacial score (nSPS) is 14.1. The summed E-state index contributed by atoms with van der Waals surface area (Å²) in [6.45, 7) is 0.358. The van der Waals surface area contributed by atoms with Crippen molar-refractivity contribution in [1.82, 2.24) is 5.32 Å². The standard InChI is InChI=1S/C12H13F3N2O4/c1-11(10(19)20,12(13,14)15)17-9(18)7-4-3-6(16)5-8(7)21-2/h3-5H,16H2,1-2H3,(H,17,18)(H,19,20). The summed E-state index contributed by atoms with van der Waals surface area (Å²) in [6.07, 6.45) is -5.17. The molecule has 1 unspecified atom stereocenters. The summed E-state index contributed by atoms with van der Waals surface area (Å²) >= 11 is 0. The molecule has 0 bridgehead atoms. The molecule has 0 spiro atoms.